The van der Waals surface area contributed by atoms with Gasteiger partial charge in [-0.1, -0.05) is 24.3 Å². The van der Waals surface area contributed by atoms with Crippen molar-refractivity contribution in [3.05, 3.63) is 24.3 Å². The Hall–Kier alpha value is -1.38. The van der Waals surface area contributed by atoms with Gasteiger partial charge in [0.2, 0.25) is 12.2 Å². The lowest BCUT2D eigenvalue weighted by Crippen LogP contribution is -2.53. The van der Waals surface area contributed by atoms with E-state index in [1.807, 2.05) is 0 Å². The maximum Gasteiger partial charge on any atom is 0.469 e. The van der Waals surface area contributed by atoms with Crippen LogP contribution in [0.3, 0.4) is 0 Å². The summed E-state index contributed by atoms with van der Waals surface area (Å²) in [6.45, 7) is 0. The van der Waals surface area contributed by atoms with E-state index in [2.05, 4.69) is 9.31 Å². The fourth-order valence-electron chi connectivity index (χ4n) is 1.79. The summed E-state index contributed by atoms with van der Waals surface area (Å²) in [5.41, 5.74) is 0. The third-order valence-corrected chi connectivity index (χ3v) is 2.82. The van der Waals surface area contributed by atoms with Crippen LogP contribution in [-0.4, -0.2) is 44.0 Å². The van der Waals surface area contributed by atoms with E-state index < -0.39 is 49.8 Å². The van der Waals surface area contributed by atoms with Crippen molar-refractivity contribution in [2.45, 2.75) is 42.7 Å². The van der Waals surface area contributed by atoms with E-state index in [0.29, 0.717) is 0 Å². The van der Waals surface area contributed by atoms with Gasteiger partial charge in [0.25, 0.3) is 0 Å². The average molecular weight is 410 g/mol. The summed E-state index contributed by atoms with van der Waals surface area (Å²) in [4.78, 5) is 0. The summed E-state index contributed by atoms with van der Waals surface area (Å²) in [7, 11) is -3.16. The minimum absolute atomic E-state index is 0.721. The van der Waals surface area contributed by atoms with E-state index in [4.69, 9.17) is 0 Å². The summed E-state index contributed by atoms with van der Waals surface area (Å²) >= 11 is 0. The Labute approximate surface area is 137 Å². The lowest BCUT2D eigenvalue weighted by molar-refractivity contribution is -0.318. The molecular weight excluding hydrogens is 403 g/mol. The van der Waals surface area contributed by atoms with Gasteiger partial charge in [-0.25, -0.2) is 0 Å². The second kappa shape index (κ2) is 7.33. The van der Waals surface area contributed by atoms with Crippen molar-refractivity contribution < 1.29 is 62.0 Å². The molecule has 0 aliphatic heterocycles. The quantitative estimate of drug-likeness (QED) is 0.470. The normalized spacial score (nSPS) is 17.0. The number of allylic oxidation sites excluding steroid dienone is 4. The molecule has 0 saturated heterocycles. The predicted molar refractivity (Wildman–Crippen MR) is 61.8 cm³/mol. The zero-order valence-electron chi connectivity index (χ0n) is 12.0. The molecule has 0 aromatic rings. The van der Waals surface area contributed by atoms with E-state index in [1.54, 1.807) is 0 Å². The van der Waals surface area contributed by atoms with Crippen LogP contribution in [0.1, 0.15) is 0 Å². The SMILES string of the molecule is FC(F)(F)C(OB(OC(C(F)(F)F)C(F)(F)F)C1C=CC=C1)C(F)(F)F. The summed E-state index contributed by atoms with van der Waals surface area (Å²) in [6.07, 6.45) is -30.5. The Morgan fingerprint density at radius 1 is 0.577 bits per heavy atom. The van der Waals surface area contributed by atoms with Gasteiger partial charge in [0.1, 0.15) is 0 Å². The van der Waals surface area contributed by atoms with Gasteiger partial charge in [-0.3, -0.25) is 0 Å². The van der Waals surface area contributed by atoms with Gasteiger partial charge in [-0.05, 0) is 0 Å². The molecule has 1 rings (SSSR count). The van der Waals surface area contributed by atoms with Crippen molar-refractivity contribution in [3.8, 4) is 0 Å². The van der Waals surface area contributed by atoms with Crippen LogP contribution < -0.4 is 0 Å². The average Bonchev–Trinajstić information content (AvgIpc) is 2.86. The van der Waals surface area contributed by atoms with E-state index in [0.717, 1.165) is 24.3 Å². The molecule has 26 heavy (non-hydrogen) atoms. The molecule has 0 radical (unpaired) electrons. The standard InChI is InChI=1S/C11H7BF12O2/c13-8(14,15)6(9(16,17)18)25-12(5-3-1-2-4-5)26-7(10(19,20)21)11(22,23)24/h1-7H. The predicted octanol–water partition coefficient (Wildman–Crippen LogP) is 4.99. The highest BCUT2D eigenvalue weighted by Crippen LogP contribution is 2.41. The zero-order valence-corrected chi connectivity index (χ0v) is 12.0. The number of alkyl halides is 12. The molecular formula is C11H7BF12O2. The monoisotopic (exact) mass is 410 g/mol. The molecule has 0 N–H and O–H groups in total. The first-order valence-electron chi connectivity index (χ1n) is 6.37. The van der Waals surface area contributed by atoms with Crippen LogP contribution in [0.25, 0.3) is 0 Å². The fraction of sp³-hybridized carbons (Fsp3) is 0.636. The highest BCUT2D eigenvalue weighted by atomic mass is 19.4. The van der Waals surface area contributed by atoms with Crippen molar-refractivity contribution >= 4 is 7.12 Å². The molecule has 0 unspecified atom stereocenters. The molecule has 0 spiro atoms. The molecule has 150 valence electrons. The van der Waals surface area contributed by atoms with Crippen LogP contribution in [0, 0.1) is 0 Å². The topological polar surface area (TPSA) is 18.5 Å². The van der Waals surface area contributed by atoms with Gasteiger partial charge < -0.3 is 9.31 Å². The van der Waals surface area contributed by atoms with E-state index in [-0.39, 0.29) is 0 Å². The molecule has 0 amide bonds. The Morgan fingerprint density at radius 3 is 1.08 bits per heavy atom. The molecule has 1 aliphatic carbocycles. The minimum Gasteiger partial charge on any atom is -0.392 e. The lowest BCUT2D eigenvalue weighted by Gasteiger charge is -2.31. The van der Waals surface area contributed by atoms with Crippen molar-refractivity contribution in [2.75, 3.05) is 0 Å². The number of hydrogen-bond donors (Lipinski definition) is 0. The molecule has 15 heteroatoms. The van der Waals surface area contributed by atoms with Crippen molar-refractivity contribution in [2.24, 2.45) is 0 Å². The van der Waals surface area contributed by atoms with Crippen LogP contribution in [0.2, 0.25) is 5.82 Å². The Kier molecular flexibility index (Phi) is 6.39. The maximum atomic E-state index is 12.5. The van der Waals surface area contributed by atoms with Crippen molar-refractivity contribution in [1.82, 2.24) is 0 Å². The molecule has 0 heterocycles. The minimum atomic E-state index is -6.15. The molecule has 0 aromatic heterocycles. The largest absolute Gasteiger partial charge is 0.469 e. The number of hydrogen-bond acceptors (Lipinski definition) is 2. The molecule has 0 bridgehead atoms. The second-order valence-corrected chi connectivity index (χ2v) is 4.91. The molecule has 0 saturated carbocycles. The number of halogens is 12. The molecule has 0 fully saturated rings. The maximum absolute atomic E-state index is 12.5. The third kappa shape index (κ3) is 6.11. The van der Waals surface area contributed by atoms with Gasteiger partial charge in [0, 0.05) is 5.82 Å². The first-order valence-corrected chi connectivity index (χ1v) is 6.37. The van der Waals surface area contributed by atoms with Gasteiger partial charge in [-0.2, -0.15) is 52.7 Å². The lowest BCUT2D eigenvalue weighted by atomic mass is 9.72. The first kappa shape index (κ1) is 22.7. The van der Waals surface area contributed by atoms with Gasteiger partial charge in [-0.15, -0.1) is 0 Å². The second-order valence-electron chi connectivity index (χ2n) is 4.91. The van der Waals surface area contributed by atoms with Crippen LogP contribution in [0.5, 0.6) is 0 Å². The van der Waals surface area contributed by atoms with Gasteiger partial charge in [0.15, 0.2) is 0 Å². The summed E-state index contributed by atoms with van der Waals surface area (Å²) in [6, 6.07) is 0. The van der Waals surface area contributed by atoms with Gasteiger partial charge in [0.05, 0.1) is 0 Å². The molecule has 0 aromatic carbocycles. The third-order valence-electron chi connectivity index (χ3n) is 2.82. The smallest absolute Gasteiger partial charge is 0.392 e. The Balaban J connectivity index is 3.20. The van der Waals surface area contributed by atoms with E-state index >= 15 is 0 Å². The molecule has 0 atom stereocenters. The summed E-state index contributed by atoms with van der Waals surface area (Å²) in [5.74, 6) is -1.84. The highest BCUT2D eigenvalue weighted by Gasteiger charge is 2.63. The van der Waals surface area contributed by atoms with Crippen molar-refractivity contribution in [3.63, 3.8) is 0 Å². The van der Waals surface area contributed by atoms with Crippen LogP contribution in [0.15, 0.2) is 24.3 Å². The van der Waals surface area contributed by atoms with Crippen LogP contribution in [-0.2, 0) is 9.31 Å². The van der Waals surface area contributed by atoms with Crippen LogP contribution >= 0.6 is 0 Å². The molecule has 1 aliphatic rings. The Bertz CT molecular complexity index is 455. The van der Waals surface area contributed by atoms with E-state index in [1.165, 1.54) is 0 Å². The summed E-state index contributed by atoms with van der Waals surface area (Å²) < 4.78 is 157. The first-order chi connectivity index (χ1) is 11.4. The number of rotatable bonds is 5. The van der Waals surface area contributed by atoms with Crippen molar-refractivity contribution in [1.29, 1.82) is 0 Å². The summed E-state index contributed by atoms with van der Waals surface area (Å²) in [5, 5.41) is 0. The zero-order chi connectivity index (χ0) is 20.6. The van der Waals surface area contributed by atoms with Gasteiger partial charge >= 0.3 is 31.8 Å². The van der Waals surface area contributed by atoms with E-state index in [9.17, 15) is 52.7 Å². The fourth-order valence-corrected chi connectivity index (χ4v) is 1.79. The Morgan fingerprint density at radius 2 is 0.846 bits per heavy atom. The highest BCUT2D eigenvalue weighted by molar-refractivity contribution is 6.48. The molecule has 2 nitrogen and oxygen atoms in total. The van der Waals surface area contributed by atoms with Crippen LogP contribution in [0.4, 0.5) is 52.7 Å².